The van der Waals surface area contributed by atoms with Crippen molar-refractivity contribution in [3.8, 4) is 11.5 Å². The fourth-order valence-electron chi connectivity index (χ4n) is 2.21. The van der Waals surface area contributed by atoms with Crippen LogP contribution >= 0.6 is 0 Å². The molecule has 0 aliphatic carbocycles. The number of hydrogen-bond acceptors (Lipinski definition) is 4. The summed E-state index contributed by atoms with van der Waals surface area (Å²) in [5.74, 6) is 0.752. The van der Waals surface area contributed by atoms with Crippen LogP contribution in [-0.4, -0.2) is 26.0 Å². The first-order valence-electron chi connectivity index (χ1n) is 7.43. The predicted octanol–water partition coefficient (Wildman–Crippen LogP) is 2.37. The largest absolute Gasteiger partial charge is 0.497 e. The topological polar surface area (TPSA) is 90.6 Å². The highest BCUT2D eigenvalue weighted by atomic mass is 16.5. The molecule has 0 aliphatic rings. The molecule has 0 unspecified atom stereocenters. The van der Waals surface area contributed by atoms with E-state index in [0.29, 0.717) is 35.6 Å². The quantitative estimate of drug-likeness (QED) is 0.816. The third-order valence-electron chi connectivity index (χ3n) is 3.51. The molecule has 6 heteroatoms. The van der Waals surface area contributed by atoms with Crippen molar-refractivity contribution in [2.45, 2.75) is 12.8 Å². The lowest BCUT2D eigenvalue weighted by Crippen LogP contribution is -2.13. The molecule has 126 valence electrons. The van der Waals surface area contributed by atoms with E-state index in [9.17, 15) is 9.59 Å². The van der Waals surface area contributed by atoms with E-state index in [2.05, 4.69) is 5.32 Å². The number of hydrogen-bond donors (Lipinski definition) is 2. The summed E-state index contributed by atoms with van der Waals surface area (Å²) < 4.78 is 10.4. The first-order chi connectivity index (χ1) is 11.5. The molecule has 24 heavy (non-hydrogen) atoms. The maximum atomic E-state index is 12.0. The van der Waals surface area contributed by atoms with Gasteiger partial charge in [0.25, 0.3) is 0 Å². The number of benzene rings is 2. The first-order valence-corrected chi connectivity index (χ1v) is 7.43. The molecule has 2 amide bonds. The molecule has 0 atom stereocenters. The summed E-state index contributed by atoms with van der Waals surface area (Å²) in [4.78, 5) is 23.1. The number of anilines is 1. The van der Waals surface area contributed by atoms with Crippen molar-refractivity contribution in [2.75, 3.05) is 19.5 Å². The van der Waals surface area contributed by atoms with Crippen LogP contribution in [0, 0.1) is 0 Å². The predicted molar refractivity (Wildman–Crippen MR) is 91.5 cm³/mol. The van der Waals surface area contributed by atoms with Crippen molar-refractivity contribution >= 4 is 17.5 Å². The summed E-state index contributed by atoms with van der Waals surface area (Å²) in [5.41, 5.74) is 7.15. The average molecular weight is 328 g/mol. The Morgan fingerprint density at radius 2 is 1.58 bits per heavy atom. The number of nitrogens with two attached hydrogens (primary N) is 1. The molecule has 0 saturated carbocycles. The van der Waals surface area contributed by atoms with Gasteiger partial charge in [-0.15, -0.1) is 0 Å². The molecule has 2 rings (SSSR count). The highest BCUT2D eigenvalue weighted by Crippen LogP contribution is 2.23. The standard InChI is InChI=1S/C18H20N2O4/c1-23-15-9-12(10-16(11-15)24-2)3-8-17(21)20-14-6-4-13(5-7-14)18(19)22/h4-7,9-11H,3,8H2,1-2H3,(H2,19,22)(H,20,21). The molecule has 0 aliphatic heterocycles. The molecule has 2 aromatic rings. The second kappa shape index (κ2) is 8.01. The van der Waals surface area contributed by atoms with Gasteiger partial charge in [0.05, 0.1) is 14.2 Å². The minimum Gasteiger partial charge on any atom is -0.497 e. The van der Waals surface area contributed by atoms with Crippen LogP contribution < -0.4 is 20.5 Å². The number of nitrogens with one attached hydrogen (secondary N) is 1. The van der Waals surface area contributed by atoms with Gasteiger partial charge in [0.15, 0.2) is 0 Å². The van der Waals surface area contributed by atoms with E-state index in [0.717, 1.165) is 5.56 Å². The molecule has 0 radical (unpaired) electrons. The van der Waals surface area contributed by atoms with Crippen LogP contribution in [0.4, 0.5) is 5.69 Å². The highest BCUT2D eigenvalue weighted by molar-refractivity contribution is 5.94. The van der Waals surface area contributed by atoms with Gasteiger partial charge < -0.3 is 20.5 Å². The molecule has 0 heterocycles. The maximum Gasteiger partial charge on any atom is 0.248 e. The average Bonchev–Trinajstić information content (AvgIpc) is 2.60. The van der Waals surface area contributed by atoms with Gasteiger partial charge in [0.1, 0.15) is 11.5 Å². The van der Waals surface area contributed by atoms with Crippen LogP contribution in [0.3, 0.4) is 0 Å². The van der Waals surface area contributed by atoms with Crippen LogP contribution in [0.15, 0.2) is 42.5 Å². The fraction of sp³-hybridized carbons (Fsp3) is 0.222. The van der Waals surface area contributed by atoms with E-state index in [4.69, 9.17) is 15.2 Å². The summed E-state index contributed by atoms with van der Waals surface area (Å²) in [6.45, 7) is 0. The van der Waals surface area contributed by atoms with E-state index in [1.54, 1.807) is 44.6 Å². The van der Waals surface area contributed by atoms with E-state index < -0.39 is 5.91 Å². The Balaban J connectivity index is 1.94. The van der Waals surface area contributed by atoms with E-state index in [1.807, 2.05) is 12.1 Å². The Labute approximate surface area is 140 Å². The van der Waals surface area contributed by atoms with Crippen LogP contribution in [-0.2, 0) is 11.2 Å². The van der Waals surface area contributed by atoms with Crippen LogP contribution in [0.1, 0.15) is 22.3 Å². The number of amides is 2. The molecular formula is C18H20N2O4. The third kappa shape index (κ3) is 4.74. The summed E-state index contributed by atoms with van der Waals surface area (Å²) in [6.07, 6.45) is 0.868. The van der Waals surface area contributed by atoms with Gasteiger partial charge in [-0.2, -0.15) is 0 Å². The zero-order valence-corrected chi connectivity index (χ0v) is 13.7. The lowest BCUT2D eigenvalue weighted by atomic mass is 10.1. The maximum absolute atomic E-state index is 12.0. The zero-order chi connectivity index (χ0) is 17.5. The second-order valence-electron chi connectivity index (χ2n) is 5.21. The molecule has 0 fully saturated rings. The normalized spacial score (nSPS) is 10.1. The van der Waals surface area contributed by atoms with Gasteiger partial charge in [0, 0.05) is 23.7 Å². The van der Waals surface area contributed by atoms with Gasteiger partial charge >= 0.3 is 0 Å². The number of carbonyl (C=O) groups is 2. The van der Waals surface area contributed by atoms with Crippen LogP contribution in [0.2, 0.25) is 0 Å². The molecule has 3 N–H and O–H groups in total. The number of carbonyl (C=O) groups excluding carboxylic acids is 2. The van der Waals surface area contributed by atoms with Crippen molar-refractivity contribution in [3.05, 3.63) is 53.6 Å². The Kier molecular flexibility index (Phi) is 5.78. The van der Waals surface area contributed by atoms with Gasteiger partial charge in [-0.05, 0) is 48.4 Å². The number of aryl methyl sites for hydroxylation is 1. The first kappa shape index (κ1) is 17.3. The monoisotopic (exact) mass is 328 g/mol. The van der Waals surface area contributed by atoms with Crippen molar-refractivity contribution < 1.29 is 19.1 Å². The Hall–Kier alpha value is -3.02. The number of rotatable bonds is 7. The summed E-state index contributed by atoms with van der Waals surface area (Å²) in [7, 11) is 3.17. The fourth-order valence-corrected chi connectivity index (χ4v) is 2.21. The van der Waals surface area contributed by atoms with Crippen LogP contribution in [0.25, 0.3) is 0 Å². The molecule has 2 aromatic carbocycles. The van der Waals surface area contributed by atoms with Gasteiger partial charge in [0.2, 0.25) is 11.8 Å². The Morgan fingerprint density at radius 3 is 2.08 bits per heavy atom. The lowest BCUT2D eigenvalue weighted by Gasteiger charge is -2.09. The minimum absolute atomic E-state index is 0.122. The van der Waals surface area contributed by atoms with Crippen LogP contribution in [0.5, 0.6) is 11.5 Å². The van der Waals surface area contributed by atoms with Crippen molar-refractivity contribution in [2.24, 2.45) is 5.73 Å². The molecule has 0 bridgehead atoms. The summed E-state index contributed by atoms with van der Waals surface area (Å²) in [6, 6.07) is 12.0. The smallest absolute Gasteiger partial charge is 0.248 e. The highest BCUT2D eigenvalue weighted by Gasteiger charge is 2.07. The van der Waals surface area contributed by atoms with Gasteiger partial charge in [-0.3, -0.25) is 9.59 Å². The van der Waals surface area contributed by atoms with Crippen molar-refractivity contribution in [1.29, 1.82) is 0 Å². The summed E-state index contributed by atoms with van der Waals surface area (Å²) >= 11 is 0. The second-order valence-corrected chi connectivity index (χ2v) is 5.21. The number of methoxy groups -OCH3 is 2. The number of primary amides is 1. The van der Waals surface area contributed by atoms with E-state index in [1.165, 1.54) is 0 Å². The van der Waals surface area contributed by atoms with E-state index in [-0.39, 0.29) is 5.91 Å². The molecule has 6 nitrogen and oxygen atoms in total. The SMILES string of the molecule is COc1cc(CCC(=O)Nc2ccc(C(N)=O)cc2)cc(OC)c1. The Bertz CT molecular complexity index is 704. The zero-order valence-electron chi connectivity index (χ0n) is 13.7. The Morgan fingerprint density at radius 1 is 1.00 bits per heavy atom. The molecule has 0 aromatic heterocycles. The molecule has 0 spiro atoms. The van der Waals surface area contributed by atoms with Gasteiger partial charge in [-0.25, -0.2) is 0 Å². The van der Waals surface area contributed by atoms with Gasteiger partial charge in [-0.1, -0.05) is 0 Å². The van der Waals surface area contributed by atoms with Crippen molar-refractivity contribution in [1.82, 2.24) is 0 Å². The lowest BCUT2D eigenvalue weighted by molar-refractivity contribution is -0.116. The minimum atomic E-state index is -0.500. The third-order valence-corrected chi connectivity index (χ3v) is 3.51. The summed E-state index contributed by atoms with van der Waals surface area (Å²) in [5, 5.41) is 2.78. The number of ether oxygens (including phenoxy) is 2. The van der Waals surface area contributed by atoms with E-state index >= 15 is 0 Å². The molecule has 0 saturated heterocycles. The van der Waals surface area contributed by atoms with Crippen molar-refractivity contribution in [3.63, 3.8) is 0 Å². The molecular weight excluding hydrogens is 308 g/mol.